The van der Waals surface area contributed by atoms with Crippen LogP contribution in [0.25, 0.3) is 21.1 Å². The molecular formula is C19H14BrN3O3S. The summed E-state index contributed by atoms with van der Waals surface area (Å²) in [4.78, 5) is 29.9. The molecule has 0 fully saturated rings. The van der Waals surface area contributed by atoms with Crippen molar-refractivity contribution in [1.82, 2.24) is 9.55 Å². The van der Waals surface area contributed by atoms with E-state index in [9.17, 15) is 14.7 Å². The number of aromatic nitrogens is 2. The molecule has 136 valence electrons. The van der Waals surface area contributed by atoms with E-state index in [0.29, 0.717) is 22.6 Å². The van der Waals surface area contributed by atoms with E-state index in [1.807, 2.05) is 25.1 Å². The summed E-state index contributed by atoms with van der Waals surface area (Å²) < 4.78 is 3.28. The summed E-state index contributed by atoms with van der Waals surface area (Å²) in [6, 6.07) is 12.6. The number of carbonyl (C=O) groups excluding carboxylic acids is 1. The number of nitrogens with one attached hydrogen (secondary N) is 1. The molecule has 2 heterocycles. The summed E-state index contributed by atoms with van der Waals surface area (Å²) in [5.41, 5.74) is 0.516. The van der Waals surface area contributed by atoms with E-state index in [1.54, 1.807) is 24.3 Å². The molecule has 6 nitrogen and oxygen atoms in total. The van der Waals surface area contributed by atoms with Gasteiger partial charge < -0.3 is 9.67 Å². The van der Waals surface area contributed by atoms with Crippen LogP contribution in [0.4, 0.5) is 5.13 Å². The van der Waals surface area contributed by atoms with Gasteiger partial charge in [-0.15, -0.1) is 0 Å². The second kappa shape index (κ2) is 6.79. The average molecular weight is 444 g/mol. The molecule has 2 N–H and O–H groups in total. The molecule has 0 radical (unpaired) electrons. The van der Waals surface area contributed by atoms with Crippen LogP contribution < -0.4 is 10.9 Å². The molecule has 0 aliphatic carbocycles. The summed E-state index contributed by atoms with van der Waals surface area (Å²) in [6.07, 6.45) is 0. The zero-order valence-electron chi connectivity index (χ0n) is 14.2. The number of hydrogen-bond acceptors (Lipinski definition) is 5. The fourth-order valence-electron chi connectivity index (χ4n) is 3.02. The quantitative estimate of drug-likeness (QED) is 0.492. The highest BCUT2D eigenvalue weighted by Crippen LogP contribution is 2.30. The SMILES string of the molecule is CCn1c(=O)c(C(=O)Nc2nc3ccc(Br)cc3s2)c(O)c2ccccc21. The van der Waals surface area contributed by atoms with Crippen molar-refractivity contribution >= 4 is 59.4 Å². The Balaban J connectivity index is 1.81. The Kier molecular flexibility index (Phi) is 4.45. The van der Waals surface area contributed by atoms with Gasteiger partial charge in [0.1, 0.15) is 11.3 Å². The fraction of sp³-hybridized carbons (Fsp3) is 0.105. The molecule has 0 saturated carbocycles. The van der Waals surface area contributed by atoms with Crippen molar-refractivity contribution in [1.29, 1.82) is 0 Å². The summed E-state index contributed by atoms with van der Waals surface area (Å²) >= 11 is 4.70. The van der Waals surface area contributed by atoms with E-state index >= 15 is 0 Å². The number of thiazole rings is 1. The van der Waals surface area contributed by atoms with Gasteiger partial charge in [-0.05, 0) is 37.3 Å². The van der Waals surface area contributed by atoms with Crippen LogP contribution in [-0.4, -0.2) is 20.6 Å². The number of fused-ring (bicyclic) bond motifs is 2. The van der Waals surface area contributed by atoms with E-state index < -0.39 is 11.5 Å². The smallest absolute Gasteiger partial charge is 0.267 e. The molecule has 0 spiro atoms. The van der Waals surface area contributed by atoms with Crippen molar-refractivity contribution in [3.05, 3.63) is 62.9 Å². The Hall–Kier alpha value is -2.71. The predicted molar refractivity (Wildman–Crippen MR) is 111 cm³/mol. The lowest BCUT2D eigenvalue weighted by atomic mass is 10.1. The number of aryl methyl sites for hydroxylation is 1. The van der Waals surface area contributed by atoms with Crippen molar-refractivity contribution in [3.8, 4) is 5.75 Å². The van der Waals surface area contributed by atoms with Gasteiger partial charge in [0.25, 0.3) is 11.5 Å². The maximum Gasteiger partial charge on any atom is 0.267 e. The third kappa shape index (κ3) is 3.00. The minimum absolute atomic E-state index is 0.281. The number of hydrogen-bond donors (Lipinski definition) is 2. The monoisotopic (exact) mass is 443 g/mol. The molecule has 2 aromatic carbocycles. The van der Waals surface area contributed by atoms with Crippen LogP contribution in [0.2, 0.25) is 0 Å². The summed E-state index contributed by atoms with van der Waals surface area (Å²) in [5, 5.41) is 14.0. The number of carbonyl (C=O) groups is 1. The number of benzene rings is 2. The van der Waals surface area contributed by atoms with Crippen molar-refractivity contribution in [2.75, 3.05) is 5.32 Å². The maximum atomic E-state index is 12.8. The molecule has 2 aromatic heterocycles. The molecule has 0 unspecified atom stereocenters. The van der Waals surface area contributed by atoms with Crippen LogP contribution in [-0.2, 0) is 6.54 Å². The average Bonchev–Trinajstić information content (AvgIpc) is 3.03. The molecule has 4 rings (SSSR count). The van der Waals surface area contributed by atoms with Crippen LogP contribution in [0.15, 0.2) is 51.7 Å². The van der Waals surface area contributed by atoms with Gasteiger partial charge in [0, 0.05) is 16.4 Å². The molecule has 1 amide bonds. The molecule has 0 bridgehead atoms. The minimum atomic E-state index is -0.677. The predicted octanol–water partition coefficient (Wildman–Crippen LogP) is 4.35. The van der Waals surface area contributed by atoms with Gasteiger partial charge in [0.05, 0.1) is 15.7 Å². The zero-order valence-corrected chi connectivity index (χ0v) is 16.6. The van der Waals surface area contributed by atoms with Crippen molar-refractivity contribution in [3.63, 3.8) is 0 Å². The first-order valence-corrected chi connectivity index (χ1v) is 9.82. The van der Waals surface area contributed by atoms with Gasteiger partial charge in [-0.1, -0.05) is 39.4 Å². The second-order valence-corrected chi connectivity index (χ2v) is 7.82. The second-order valence-electron chi connectivity index (χ2n) is 5.88. The highest BCUT2D eigenvalue weighted by Gasteiger charge is 2.22. The summed E-state index contributed by atoms with van der Waals surface area (Å²) in [7, 11) is 0. The number of aromatic hydroxyl groups is 1. The standard InChI is InChI=1S/C19H14BrN3O3S/c1-2-23-13-6-4-3-5-11(13)16(24)15(18(23)26)17(25)22-19-21-12-8-7-10(20)9-14(12)27-19/h3-9,24H,2H2,1H3,(H,21,22,25). The van der Waals surface area contributed by atoms with E-state index in [1.165, 1.54) is 15.9 Å². The van der Waals surface area contributed by atoms with E-state index in [-0.39, 0.29) is 11.3 Å². The highest BCUT2D eigenvalue weighted by molar-refractivity contribution is 9.10. The molecule has 4 aromatic rings. The first-order valence-electron chi connectivity index (χ1n) is 8.21. The normalized spacial score (nSPS) is 11.2. The number of amides is 1. The minimum Gasteiger partial charge on any atom is -0.506 e. The van der Waals surface area contributed by atoms with Gasteiger partial charge in [0.15, 0.2) is 5.13 Å². The summed E-state index contributed by atoms with van der Waals surface area (Å²) in [6.45, 7) is 2.20. The van der Waals surface area contributed by atoms with Crippen LogP contribution in [0.3, 0.4) is 0 Å². The molecular weight excluding hydrogens is 430 g/mol. The third-order valence-electron chi connectivity index (χ3n) is 4.26. The Morgan fingerprint density at radius 1 is 1.30 bits per heavy atom. The first kappa shape index (κ1) is 17.7. The fourth-order valence-corrected chi connectivity index (χ4v) is 4.43. The lowest BCUT2D eigenvalue weighted by Gasteiger charge is -2.13. The number of halogens is 1. The van der Waals surface area contributed by atoms with Gasteiger partial charge in [-0.3, -0.25) is 14.9 Å². The van der Waals surface area contributed by atoms with Gasteiger partial charge >= 0.3 is 0 Å². The number of anilines is 1. The Morgan fingerprint density at radius 2 is 2.07 bits per heavy atom. The molecule has 0 aliphatic heterocycles. The lowest BCUT2D eigenvalue weighted by Crippen LogP contribution is -2.29. The van der Waals surface area contributed by atoms with Crippen LogP contribution in [0.1, 0.15) is 17.3 Å². The number of pyridine rings is 1. The molecule has 0 saturated heterocycles. The summed E-state index contributed by atoms with van der Waals surface area (Å²) in [5.74, 6) is -0.995. The van der Waals surface area contributed by atoms with E-state index in [0.717, 1.165) is 14.7 Å². The highest BCUT2D eigenvalue weighted by atomic mass is 79.9. The number of nitrogens with zero attached hydrogens (tertiary/aromatic N) is 2. The largest absolute Gasteiger partial charge is 0.506 e. The zero-order chi connectivity index (χ0) is 19.1. The van der Waals surface area contributed by atoms with Crippen LogP contribution in [0.5, 0.6) is 5.75 Å². The first-order chi connectivity index (χ1) is 13.0. The molecule has 27 heavy (non-hydrogen) atoms. The van der Waals surface area contributed by atoms with Crippen molar-refractivity contribution < 1.29 is 9.90 Å². The van der Waals surface area contributed by atoms with E-state index in [4.69, 9.17) is 0 Å². The lowest BCUT2D eigenvalue weighted by molar-refractivity contribution is 0.102. The van der Waals surface area contributed by atoms with Crippen LogP contribution >= 0.6 is 27.3 Å². The third-order valence-corrected chi connectivity index (χ3v) is 5.69. The molecule has 0 aliphatic rings. The topological polar surface area (TPSA) is 84.2 Å². The van der Waals surface area contributed by atoms with Gasteiger partial charge in [-0.2, -0.15) is 0 Å². The maximum absolute atomic E-state index is 12.8. The van der Waals surface area contributed by atoms with Gasteiger partial charge in [-0.25, -0.2) is 4.98 Å². The van der Waals surface area contributed by atoms with Crippen molar-refractivity contribution in [2.24, 2.45) is 0 Å². The van der Waals surface area contributed by atoms with Crippen LogP contribution in [0, 0.1) is 0 Å². The number of rotatable bonds is 3. The Labute approximate surface area is 166 Å². The molecule has 8 heteroatoms. The Bertz CT molecular complexity index is 1260. The van der Waals surface area contributed by atoms with Crippen molar-refractivity contribution in [2.45, 2.75) is 13.5 Å². The van der Waals surface area contributed by atoms with Gasteiger partial charge in [0.2, 0.25) is 0 Å². The Morgan fingerprint density at radius 3 is 2.85 bits per heavy atom. The number of para-hydroxylation sites is 1. The van der Waals surface area contributed by atoms with E-state index in [2.05, 4.69) is 26.2 Å². The molecule has 0 atom stereocenters.